The number of hydrogen-bond acceptors (Lipinski definition) is 5. The van der Waals surface area contributed by atoms with Gasteiger partial charge in [0, 0.05) is 5.02 Å². The predicted octanol–water partition coefficient (Wildman–Crippen LogP) is 3.15. The Kier molecular flexibility index (Phi) is 5.70. The fourth-order valence-electron chi connectivity index (χ4n) is 2.80. The van der Waals surface area contributed by atoms with E-state index in [9.17, 15) is 19.2 Å². The molecule has 2 aromatic carbocycles. The Morgan fingerprint density at radius 1 is 1.00 bits per heavy atom. The van der Waals surface area contributed by atoms with Gasteiger partial charge in [0.15, 0.2) is 5.78 Å². The van der Waals surface area contributed by atoms with Crippen LogP contribution in [0.3, 0.4) is 0 Å². The number of amides is 2. The fraction of sp³-hybridized carbons (Fsp3) is 0.143. The molecule has 0 bridgehead atoms. The van der Waals surface area contributed by atoms with Gasteiger partial charge in [-0.2, -0.15) is 0 Å². The van der Waals surface area contributed by atoms with E-state index in [1.807, 2.05) is 0 Å². The summed E-state index contributed by atoms with van der Waals surface area (Å²) in [6, 6.07) is 12.8. The molecule has 1 heterocycles. The number of hydrogen-bond donors (Lipinski definition) is 0. The van der Waals surface area contributed by atoms with Crippen molar-refractivity contribution < 1.29 is 23.9 Å². The van der Waals surface area contributed by atoms with E-state index in [-0.39, 0.29) is 23.3 Å². The third kappa shape index (κ3) is 3.87. The van der Waals surface area contributed by atoms with Crippen molar-refractivity contribution in [2.45, 2.75) is 6.92 Å². The van der Waals surface area contributed by atoms with E-state index in [0.29, 0.717) is 10.6 Å². The summed E-state index contributed by atoms with van der Waals surface area (Å²) in [6.07, 6.45) is 1.36. The van der Waals surface area contributed by atoms with Crippen LogP contribution in [-0.2, 0) is 14.3 Å². The second kappa shape index (κ2) is 8.19. The van der Waals surface area contributed by atoms with Gasteiger partial charge in [0.1, 0.15) is 5.57 Å². The maximum Gasteiger partial charge on any atom is 0.341 e. The summed E-state index contributed by atoms with van der Waals surface area (Å²) in [5.41, 5.74) is 0.781. The van der Waals surface area contributed by atoms with E-state index in [4.69, 9.17) is 16.3 Å². The topological polar surface area (TPSA) is 80.8 Å². The number of fused-ring (bicyclic) bond motifs is 1. The second-order valence-corrected chi connectivity index (χ2v) is 6.43. The van der Waals surface area contributed by atoms with Gasteiger partial charge in [-0.25, -0.2) is 4.79 Å². The molecule has 2 amide bonds. The number of rotatable bonds is 6. The van der Waals surface area contributed by atoms with Gasteiger partial charge < -0.3 is 4.74 Å². The monoisotopic (exact) mass is 397 g/mol. The van der Waals surface area contributed by atoms with Gasteiger partial charge in [-0.3, -0.25) is 19.3 Å². The summed E-state index contributed by atoms with van der Waals surface area (Å²) in [7, 11) is 0. The Morgan fingerprint density at radius 2 is 1.57 bits per heavy atom. The van der Waals surface area contributed by atoms with Crippen LogP contribution in [-0.4, -0.2) is 41.6 Å². The van der Waals surface area contributed by atoms with Crippen LogP contribution in [0.4, 0.5) is 0 Å². The number of ether oxygens (including phenoxy) is 1. The van der Waals surface area contributed by atoms with Gasteiger partial charge in [0.05, 0.1) is 24.3 Å². The van der Waals surface area contributed by atoms with Gasteiger partial charge in [-0.05, 0) is 42.8 Å². The van der Waals surface area contributed by atoms with Crippen molar-refractivity contribution in [1.29, 1.82) is 0 Å². The lowest BCUT2D eigenvalue weighted by Gasteiger charge is -2.14. The number of halogens is 1. The van der Waals surface area contributed by atoms with Gasteiger partial charge in [-0.15, -0.1) is 0 Å². The van der Waals surface area contributed by atoms with Crippen LogP contribution >= 0.6 is 11.6 Å². The summed E-state index contributed by atoms with van der Waals surface area (Å²) < 4.78 is 4.96. The second-order valence-electron chi connectivity index (χ2n) is 6.00. The van der Waals surface area contributed by atoms with E-state index < -0.39 is 30.1 Å². The number of carbonyl (C=O) groups is 4. The SMILES string of the molecule is CCOC(=O)C(=Cc1ccc(Cl)cc1)C(=O)CN1C(=O)c2ccccc2C1=O. The summed E-state index contributed by atoms with van der Waals surface area (Å²) in [4.78, 5) is 50.8. The van der Waals surface area contributed by atoms with E-state index >= 15 is 0 Å². The minimum atomic E-state index is -0.820. The molecule has 1 aliphatic rings. The number of imide groups is 1. The molecule has 0 atom stereocenters. The summed E-state index contributed by atoms with van der Waals surface area (Å²) in [5.74, 6) is -2.64. The lowest BCUT2D eigenvalue weighted by atomic mass is 10.1. The number of nitrogens with zero attached hydrogens (tertiary/aromatic N) is 1. The highest BCUT2D eigenvalue weighted by molar-refractivity contribution is 6.30. The van der Waals surface area contributed by atoms with Crippen LogP contribution in [0, 0.1) is 0 Å². The average molecular weight is 398 g/mol. The first-order valence-corrected chi connectivity index (χ1v) is 8.93. The molecule has 1 aliphatic heterocycles. The van der Waals surface area contributed by atoms with E-state index in [1.165, 1.54) is 18.2 Å². The third-order valence-corrected chi connectivity index (χ3v) is 4.41. The Hall–Kier alpha value is -3.25. The first-order valence-electron chi connectivity index (χ1n) is 8.55. The maximum atomic E-state index is 12.8. The number of esters is 1. The lowest BCUT2D eigenvalue weighted by molar-refractivity contribution is -0.140. The van der Waals surface area contributed by atoms with Crippen molar-refractivity contribution in [2.75, 3.05) is 13.2 Å². The molecular weight excluding hydrogens is 382 g/mol. The van der Waals surface area contributed by atoms with E-state index in [0.717, 1.165) is 4.90 Å². The normalized spacial score (nSPS) is 13.5. The van der Waals surface area contributed by atoms with Crippen LogP contribution in [0.25, 0.3) is 6.08 Å². The summed E-state index contributed by atoms with van der Waals surface area (Å²) in [6.45, 7) is 1.15. The molecule has 0 radical (unpaired) electrons. The molecule has 0 unspecified atom stereocenters. The Balaban J connectivity index is 1.88. The Morgan fingerprint density at radius 3 is 2.11 bits per heavy atom. The van der Waals surface area contributed by atoms with E-state index in [2.05, 4.69) is 0 Å². The van der Waals surface area contributed by atoms with Gasteiger partial charge in [-0.1, -0.05) is 35.9 Å². The molecule has 0 saturated carbocycles. The molecule has 0 spiro atoms. The van der Waals surface area contributed by atoms with Crippen LogP contribution in [0.1, 0.15) is 33.2 Å². The molecule has 3 rings (SSSR count). The predicted molar refractivity (Wildman–Crippen MR) is 103 cm³/mol. The quantitative estimate of drug-likeness (QED) is 0.246. The molecule has 0 aromatic heterocycles. The molecule has 7 heteroatoms. The summed E-state index contributed by atoms with van der Waals surface area (Å²) in [5, 5.41) is 0.507. The molecule has 0 saturated heterocycles. The molecule has 2 aromatic rings. The molecule has 0 aliphatic carbocycles. The maximum absolute atomic E-state index is 12.8. The van der Waals surface area contributed by atoms with Crippen molar-refractivity contribution >= 4 is 41.2 Å². The van der Waals surface area contributed by atoms with Gasteiger partial charge in [0.2, 0.25) is 0 Å². The minimum Gasteiger partial charge on any atom is -0.462 e. The van der Waals surface area contributed by atoms with Crippen LogP contribution in [0.2, 0.25) is 5.02 Å². The molecule has 28 heavy (non-hydrogen) atoms. The first-order chi connectivity index (χ1) is 13.4. The highest BCUT2D eigenvalue weighted by Crippen LogP contribution is 2.23. The van der Waals surface area contributed by atoms with Crippen molar-refractivity contribution in [3.63, 3.8) is 0 Å². The zero-order valence-corrected chi connectivity index (χ0v) is 15.7. The zero-order chi connectivity index (χ0) is 20.3. The van der Waals surface area contributed by atoms with Crippen molar-refractivity contribution in [1.82, 2.24) is 4.90 Å². The highest BCUT2D eigenvalue weighted by Gasteiger charge is 2.37. The number of carbonyl (C=O) groups excluding carboxylic acids is 4. The Bertz CT molecular complexity index is 959. The van der Waals surface area contributed by atoms with Crippen molar-refractivity contribution in [3.05, 3.63) is 75.8 Å². The molecule has 142 valence electrons. The first kappa shape index (κ1) is 19.5. The Labute approximate surface area is 166 Å². The molecule has 0 fully saturated rings. The molecule has 0 N–H and O–H groups in total. The zero-order valence-electron chi connectivity index (χ0n) is 15.0. The molecular formula is C21H16ClNO5. The highest BCUT2D eigenvalue weighted by atomic mass is 35.5. The fourth-order valence-corrected chi connectivity index (χ4v) is 2.93. The standard InChI is InChI=1S/C21H16ClNO5/c1-2-28-21(27)17(11-13-7-9-14(22)10-8-13)18(24)12-23-19(25)15-5-3-4-6-16(15)20(23)26/h3-11H,2,12H2,1H3. The largest absolute Gasteiger partial charge is 0.462 e. The smallest absolute Gasteiger partial charge is 0.341 e. The number of Topliss-reactive ketones (excluding diaryl/α,β-unsaturated/α-hetero) is 1. The van der Waals surface area contributed by atoms with Crippen LogP contribution < -0.4 is 0 Å². The van der Waals surface area contributed by atoms with Crippen LogP contribution in [0.15, 0.2) is 54.1 Å². The van der Waals surface area contributed by atoms with Crippen LogP contribution in [0.5, 0.6) is 0 Å². The third-order valence-electron chi connectivity index (χ3n) is 4.16. The van der Waals surface area contributed by atoms with Gasteiger partial charge >= 0.3 is 5.97 Å². The lowest BCUT2D eigenvalue weighted by Crippen LogP contribution is -2.36. The van der Waals surface area contributed by atoms with Gasteiger partial charge in [0.25, 0.3) is 11.8 Å². The number of ketones is 1. The minimum absolute atomic E-state index is 0.0804. The summed E-state index contributed by atoms with van der Waals surface area (Å²) >= 11 is 5.85. The van der Waals surface area contributed by atoms with E-state index in [1.54, 1.807) is 43.3 Å². The number of benzene rings is 2. The average Bonchev–Trinajstić information content (AvgIpc) is 2.93. The van der Waals surface area contributed by atoms with Crippen molar-refractivity contribution in [3.8, 4) is 0 Å². The molecule has 6 nitrogen and oxygen atoms in total. The van der Waals surface area contributed by atoms with Crippen molar-refractivity contribution in [2.24, 2.45) is 0 Å².